The van der Waals surface area contributed by atoms with E-state index in [1.54, 1.807) is 12.1 Å². The predicted molar refractivity (Wildman–Crippen MR) is 91.8 cm³/mol. The van der Waals surface area contributed by atoms with Gasteiger partial charge in [0.05, 0.1) is 16.8 Å². The van der Waals surface area contributed by atoms with E-state index >= 15 is 0 Å². The molecule has 24 heavy (non-hydrogen) atoms. The van der Waals surface area contributed by atoms with Crippen LogP contribution in [0, 0.1) is 12.7 Å². The van der Waals surface area contributed by atoms with E-state index in [9.17, 15) is 14.3 Å². The molecule has 0 saturated heterocycles. The van der Waals surface area contributed by atoms with Gasteiger partial charge in [0.25, 0.3) is 5.91 Å². The number of thiazole rings is 1. The fourth-order valence-corrected chi connectivity index (χ4v) is 4.25. The molecule has 1 heterocycles. The largest absolute Gasteiger partial charge is 0.386 e. The lowest BCUT2D eigenvalue weighted by molar-refractivity contribution is 0.0917. The molecule has 4 nitrogen and oxygen atoms in total. The van der Waals surface area contributed by atoms with Crippen LogP contribution in [0.2, 0.25) is 0 Å². The number of nitrogens with one attached hydrogen (secondary N) is 1. The minimum atomic E-state index is -1.07. The van der Waals surface area contributed by atoms with E-state index in [-0.39, 0.29) is 18.0 Å². The minimum Gasteiger partial charge on any atom is -0.386 e. The molecule has 1 saturated carbocycles. The molecule has 1 aliphatic carbocycles. The molecule has 1 amide bonds. The second-order valence-electron chi connectivity index (χ2n) is 6.20. The summed E-state index contributed by atoms with van der Waals surface area (Å²) in [5.41, 5.74) is 0.908. The number of aliphatic hydroxyl groups is 1. The summed E-state index contributed by atoms with van der Waals surface area (Å²) in [6, 6.07) is 6.03. The number of carbonyl (C=O) groups is 1. The van der Waals surface area contributed by atoms with Gasteiger partial charge in [-0.05, 0) is 25.8 Å². The smallest absolute Gasteiger partial charge is 0.263 e. The van der Waals surface area contributed by atoms with Crippen molar-refractivity contribution in [1.82, 2.24) is 10.3 Å². The van der Waals surface area contributed by atoms with Crippen molar-refractivity contribution < 1.29 is 14.3 Å². The van der Waals surface area contributed by atoms with Crippen molar-refractivity contribution in [3.05, 3.63) is 51.2 Å². The standard InChI is InChI=1S/C18H21FN2O2S/c1-11-16(24-18(21-11)12-6-2-3-7-12)17(23)20-10-15(22)13-8-4-5-9-14(13)19/h4-5,8-9,12,15,22H,2-3,6-7,10H2,1H3,(H,20,23). The van der Waals surface area contributed by atoms with E-state index in [4.69, 9.17) is 0 Å². The highest BCUT2D eigenvalue weighted by molar-refractivity contribution is 7.13. The molecule has 2 aromatic rings. The van der Waals surface area contributed by atoms with Crippen molar-refractivity contribution in [2.75, 3.05) is 6.54 Å². The van der Waals surface area contributed by atoms with Crippen molar-refractivity contribution in [2.24, 2.45) is 0 Å². The number of nitrogens with zero attached hydrogens (tertiary/aromatic N) is 1. The van der Waals surface area contributed by atoms with E-state index in [2.05, 4.69) is 10.3 Å². The van der Waals surface area contributed by atoms with Gasteiger partial charge >= 0.3 is 0 Å². The molecule has 3 rings (SSSR count). The minimum absolute atomic E-state index is 0.0319. The van der Waals surface area contributed by atoms with Crippen LogP contribution in [-0.2, 0) is 0 Å². The molecule has 6 heteroatoms. The van der Waals surface area contributed by atoms with Gasteiger partial charge in [-0.15, -0.1) is 11.3 Å². The summed E-state index contributed by atoms with van der Waals surface area (Å²) < 4.78 is 13.6. The topological polar surface area (TPSA) is 62.2 Å². The summed E-state index contributed by atoms with van der Waals surface area (Å²) in [6.45, 7) is 1.80. The third-order valence-corrected chi connectivity index (χ3v) is 5.76. The fraction of sp³-hybridized carbons (Fsp3) is 0.444. The number of aromatic nitrogens is 1. The summed E-state index contributed by atoms with van der Waals surface area (Å²) in [7, 11) is 0. The summed E-state index contributed by atoms with van der Waals surface area (Å²) in [5.74, 6) is -0.263. The van der Waals surface area contributed by atoms with Gasteiger partial charge in [-0.1, -0.05) is 31.0 Å². The molecular weight excluding hydrogens is 327 g/mol. The Morgan fingerprint density at radius 1 is 1.42 bits per heavy atom. The van der Waals surface area contributed by atoms with Gasteiger partial charge in [0, 0.05) is 18.0 Å². The zero-order valence-corrected chi connectivity index (χ0v) is 14.4. The number of hydrogen-bond donors (Lipinski definition) is 2. The molecule has 0 radical (unpaired) electrons. The first-order valence-electron chi connectivity index (χ1n) is 8.24. The lowest BCUT2D eigenvalue weighted by Crippen LogP contribution is -2.28. The molecule has 0 aliphatic heterocycles. The number of hydrogen-bond acceptors (Lipinski definition) is 4. The Labute approximate surface area is 144 Å². The van der Waals surface area contributed by atoms with E-state index in [1.807, 2.05) is 6.92 Å². The van der Waals surface area contributed by atoms with E-state index in [0.29, 0.717) is 10.8 Å². The number of aryl methyl sites for hydroxylation is 1. The van der Waals surface area contributed by atoms with Crippen molar-refractivity contribution in [2.45, 2.75) is 44.6 Å². The number of rotatable bonds is 5. The Morgan fingerprint density at radius 3 is 2.83 bits per heavy atom. The lowest BCUT2D eigenvalue weighted by atomic mass is 10.1. The van der Waals surface area contributed by atoms with Gasteiger partial charge in [-0.2, -0.15) is 0 Å². The van der Waals surface area contributed by atoms with Crippen LogP contribution < -0.4 is 5.32 Å². The molecule has 1 unspecified atom stereocenters. The molecule has 128 valence electrons. The highest BCUT2D eigenvalue weighted by atomic mass is 32.1. The molecule has 0 bridgehead atoms. The molecule has 1 fully saturated rings. The average molecular weight is 348 g/mol. The van der Waals surface area contributed by atoms with Gasteiger partial charge in [-0.3, -0.25) is 4.79 Å². The predicted octanol–water partition coefficient (Wildman–Crippen LogP) is 3.71. The lowest BCUT2D eigenvalue weighted by Gasteiger charge is -2.12. The van der Waals surface area contributed by atoms with Gasteiger partial charge in [0.2, 0.25) is 0 Å². The monoisotopic (exact) mass is 348 g/mol. The maximum absolute atomic E-state index is 13.6. The number of aliphatic hydroxyl groups excluding tert-OH is 1. The Bertz CT molecular complexity index is 726. The summed E-state index contributed by atoms with van der Waals surface area (Å²) in [6.07, 6.45) is 3.65. The normalized spacial score (nSPS) is 16.3. The average Bonchev–Trinajstić information content (AvgIpc) is 3.22. The first-order chi connectivity index (χ1) is 11.6. The van der Waals surface area contributed by atoms with Crippen LogP contribution >= 0.6 is 11.3 Å². The second-order valence-corrected chi connectivity index (χ2v) is 7.23. The molecule has 1 atom stereocenters. The first kappa shape index (κ1) is 17.0. The van der Waals surface area contributed by atoms with Crippen LogP contribution in [0.4, 0.5) is 4.39 Å². The maximum atomic E-state index is 13.6. The number of halogens is 1. The molecule has 1 aromatic heterocycles. The maximum Gasteiger partial charge on any atom is 0.263 e. The number of carbonyl (C=O) groups excluding carboxylic acids is 1. The molecule has 1 aliphatic rings. The molecule has 2 N–H and O–H groups in total. The van der Waals surface area contributed by atoms with Crippen LogP contribution in [0.5, 0.6) is 0 Å². The number of benzene rings is 1. The highest BCUT2D eigenvalue weighted by Crippen LogP contribution is 2.37. The number of amides is 1. The van der Waals surface area contributed by atoms with Gasteiger partial charge < -0.3 is 10.4 Å². The quantitative estimate of drug-likeness (QED) is 0.866. The summed E-state index contributed by atoms with van der Waals surface area (Å²) >= 11 is 1.44. The Balaban J connectivity index is 1.64. The first-order valence-corrected chi connectivity index (χ1v) is 9.06. The summed E-state index contributed by atoms with van der Waals surface area (Å²) in [5, 5.41) is 13.8. The van der Waals surface area contributed by atoms with Crippen LogP contribution in [0.3, 0.4) is 0 Å². The van der Waals surface area contributed by atoms with Crippen molar-refractivity contribution in [3.8, 4) is 0 Å². The fourth-order valence-electron chi connectivity index (χ4n) is 3.10. The molecular formula is C18H21FN2O2S. The molecule has 1 aromatic carbocycles. The third-order valence-electron chi connectivity index (χ3n) is 4.44. The van der Waals surface area contributed by atoms with Gasteiger partial charge in [-0.25, -0.2) is 9.37 Å². The Hall–Kier alpha value is -1.79. The summed E-state index contributed by atoms with van der Waals surface area (Å²) in [4.78, 5) is 17.5. The Morgan fingerprint density at radius 2 is 2.12 bits per heavy atom. The van der Waals surface area contributed by atoms with Crippen molar-refractivity contribution in [3.63, 3.8) is 0 Å². The van der Waals surface area contributed by atoms with Crippen molar-refractivity contribution in [1.29, 1.82) is 0 Å². The second kappa shape index (κ2) is 7.40. The SMILES string of the molecule is Cc1nc(C2CCCC2)sc1C(=O)NCC(O)c1ccccc1F. The van der Waals surface area contributed by atoms with Crippen molar-refractivity contribution >= 4 is 17.2 Å². The van der Waals surface area contributed by atoms with E-state index in [1.165, 1.54) is 36.3 Å². The van der Waals surface area contributed by atoms with Crippen LogP contribution in [0.15, 0.2) is 24.3 Å². The van der Waals surface area contributed by atoms with E-state index in [0.717, 1.165) is 23.5 Å². The zero-order valence-electron chi connectivity index (χ0n) is 13.6. The van der Waals surface area contributed by atoms with Gasteiger partial charge in [0.15, 0.2) is 0 Å². The van der Waals surface area contributed by atoms with Crippen LogP contribution in [0.25, 0.3) is 0 Å². The van der Waals surface area contributed by atoms with Gasteiger partial charge in [0.1, 0.15) is 10.7 Å². The Kier molecular flexibility index (Phi) is 5.26. The van der Waals surface area contributed by atoms with Crippen LogP contribution in [0.1, 0.15) is 63.6 Å². The third kappa shape index (κ3) is 3.65. The van der Waals surface area contributed by atoms with Crippen LogP contribution in [-0.4, -0.2) is 22.5 Å². The zero-order chi connectivity index (χ0) is 17.1. The highest BCUT2D eigenvalue weighted by Gasteiger charge is 2.24. The molecule has 0 spiro atoms. The van der Waals surface area contributed by atoms with E-state index < -0.39 is 11.9 Å².